The number of ether oxygens (including phenoxy) is 1. The third-order valence-electron chi connectivity index (χ3n) is 3.28. The van der Waals surface area contributed by atoms with Crippen molar-refractivity contribution < 1.29 is 9.53 Å². The number of nitrogens with one attached hydrogen (secondary N) is 1. The van der Waals surface area contributed by atoms with Crippen molar-refractivity contribution in [3.05, 3.63) is 64.7 Å². The molecule has 2 aromatic rings. The standard InChI is InChI=1S/C18H19ClN2O2/c1-3-13(2)23-17-10-4-14(5-11-17)12-20-21-18(22)15-6-8-16(19)9-7-15/h4-13H,3H2,1-2H3,(H,21,22)/b20-12-/t13-/m0/s1. The van der Waals surface area contributed by atoms with E-state index in [1.54, 1.807) is 30.5 Å². The van der Waals surface area contributed by atoms with Gasteiger partial charge in [0, 0.05) is 10.6 Å². The summed E-state index contributed by atoms with van der Waals surface area (Å²) in [6, 6.07) is 14.2. The molecular formula is C18H19ClN2O2. The lowest BCUT2D eigenvalue weighted by Crippen LogP contribution is -2.17. The number of carbonyl (C=O) groups excluding carboxylic acids is 1. The average molecular weight is 331 g/mol. The Morgan fingerprint density at radius 1 is 1.22 bits per heavy atom. The Labute approximate surface area is 141 Å². The Kier molecular flexibility index (Phi) is 6.18. The van der Waals surface area contributed by atoms with Crippen molar-refractivity contribution >= 4 is 23.7 Å². The van der Waals surface area contributed by atoms with Crippen molar-refractivity contribution in [3.63, 3.8) is 0 Å². The van der Waals surface area contributed by atoms with Crippen LogP contribution in [0.15, 0.2) is 53.6 Å². The normalized spacial score (nSPS) is 12.1. The number of hydrogen-bond donors (Lipinski definition) is 1. The van der Waals surface area contributed by atoms with Crippen LogP contribution >= 0.6 is 11.6 Å². The summed E-state index contributed by atoms with van der Waals surface area (Å²) < 4.78 is 5.70. The minimum absolute atomic E-state index is 0.188. The van der Waals surface area contributed by atoms with Crippen molar-refractivity contribution in [1.82, 2.24) is 5.43 Å². The van der Waals surface area contributed by atoms with Gasteiger partial charge in [0.15, 0.2) is 0 Å². The van der Waals surface area contributed by atoms with Crippen LogP contribution < -0.4 is 10.2 Å². The predicted molar refractivity (Wildman–Crippen MR) is 93.3 cm³/mol. The number of benzene rings is 2. The van der Waals surface area contributed by atoms with Crippen LogP contribution in [0, 0.1) is 0 Å². The van der Waals surface area contributed by atoms with Crippen molar-refractivity contribution in [2.75, 3.05) is 0 Å². The molecule has 23 heavy (non-hydrogen) atoms. The van der Waals surface area contributed by atoms with E-state index in [4.69, 9.17) is 16.3 Å². The van der Waals surface area contributed by atoms with Crippen LogP contribution in [0.2, 0.25) is 5.02 Å². The maximum Gasteiger partial charge on any atom is 0.271 e. The Bertz CT molecular complexity index is 666. The van der Waals surface area contributed by atoms with E-state index in [0.29, 0.717) is 10.6 Å². The second-order valence-electron chi connectivity index (χ2n) is 5.11. The van der Waals surface area contributed by atoms with E-state index in [0.717, 1.165) is 17.7 Å². The molecular weight excluding hydrogens is 312 g/mol. The van der Waals surface area contributed by atoms with Crippen LogP contribution in [0.25, 0.3) is 0 Å². The van der Waals surface area contributed by atoms with E-state index < -0.39 is 0 Å². The Balaban J connectivity index is 1.90. The van der Waals surface area contributed by atoms with Crippen LogP contribution in [0.4, 0.5) is 0 Å². The molecule has 1 amide bonds. The molecule has 120 valence electrons. The first-order valence-electron chi connectivity index (χ1n) is 7.44. The molecule has 0 aromatic heterocycles. The molecule has 0 spiro atoms. The first-order chi connectivity index (χ1) is 11.1. The summed E-state index contributed by atoms with van der Waals surface area (Å²) in [5, 5.41) is 4.54. The van der Waals surface area contributed by atoms with Gasteiger partial charge in [0.1, 0.15) is 5.75 Å². The molecule has 0 radical (unpaired) electrons. The monoisotopic (exact) mass is 330 g/mol. The quantitative estimate of drug-likeness (QED) is 0.634. The Morgan fingerprint density at radius 3 is 2.48 bits per heavy atom. The fourth-order valence-electron chi connectivity index (χ4n) is 1.78. The van der Waals surface area contributed by atoms with E-state index in [1.165, 1.54) is 0 Å². The summed E-state index contributed by atoms with van der Waals surface area (Å²) in [6.07, 6.45) is 2.73. The van der Waals surface area contributed by atoms with Gasteiger partial charge in [0.25, 0.3) is 5.91 Å². The first kappa shape index (κ1) is 17.0. The molecule has 4 nitrogen and oxygen atoms in total. The van der Waals surface area contributed by atoms with E-state index >= 15 is 0 Å². The second-order valence-corrected chi connectivity index (χ2v) is 5.55. The highest BCUT2D eigenvalue weighted by Gasteiger charge is 2.03. The van der Waals surface area contributed by atoms with Gasteiger partial charge in [-0.15, -0.1) is 0 Å². The summed E-state index contributed by atoms with van der Waals surface area (Å²) in [6.45, 7) is 4.11. The minimum Gasteiger partial charge on any atom is -0.491 e. The summed E-state index contributed by atoms with van der Waals surface area (Å²) in [5.74, 6) is 0.538. The fraction of sp³-hybridized carbons (Fsp3) is 0.222. The maximum absolute atomic E-state index is 11.9. The van der Waals surface area contributed by atoms with Crippen molar-refractivity contribution in [3.8, 4) is 5.75 Å². The van der Waals surface area contributed by atoms with E-state index in [1.807, 2.05) is 31.2 Å². The summed E-state index contributed by atoms with van der Waals surface area (Å²) in [5.41, 5.74) is 3.86. The molecule has 5 heteroatoms. The van der Waals surface area contributed by atoms with Crippen LogP contribution in [0.1, 0.15) is 36.2 Å². The zero-order valence-electron chi connectivity index (χ0n) is 13.1. The summed E-state index contributed by atoms with van der Waals surface area (Å²) in [7, 11) is 0. The lowest BCUT2D eigenvalue weighted by molar-refractivity contribution is 0.0955. The van der Waals surface area contributed by atoms with Crippen molar-refractivity contribution in [2.24, 2.45) is 5.10 Å². The SMILES string of the molecule is CC[C@H](C)Oc1ccc(/C=N\NC(=O)c2ccc(Cl)cc2)cc1. The third-order valence-corrected chi connectivity index (χ3v) is 3.53. The highest BCUT2D eigenvalue weighted by atomic mass is 35.5. The van der Waals surface area contributed by atoms with Gasteiger partial charge in [0.05, 0.1) is 12.3 Å². The highest BCUT2D eigenvalue weighted by Crippen LogP contribution is 2.14. The lowest BCUT2D eigenvalue weighted by Gasteiger charge is -2.12. The molecule has 0 aliphatic heterocycles. The van der Waals surface area contributed by atoms with Crippen molar-refractivity contribution in [1.29, 1.82) is 0 Å². The molecule has 0 aliphatic rings. The maximum atomic E-state index is 11.9. The molecule has 0 fully saturated rings. The number of hydrazone groups is 1. The van der Waals surface area contributed by atoms with E-state index in [9.17, 15) is 4.79 Å². The minimum atomic E-state index is -0.283. The first-order valence-corrected chi connectivity index (χ1v) is 7.82. The number of nitrogens with zero attached hydrogens (tertiary/aromatic N) is 1. The van der Waals surface area contributed by atoms with Gasteiger partial charge < -0.3 is 4.74 Å². The number of hydrogen-bond acceptors (Lipinski definition) is 3. The topological polar surface area (TPSA) is 50.7 Å². The van der Waals surface area contributed by atoms with Gasteiger partial charge in [-0.25, -0.2) is 5.43 Å². The third kappa shape index (κ3) is 5.42. The smallest absolute Gasteiger partial charge is 0.271 e. The van der Waals surface area contributed by atoms with Crippen molar-refractivity contribution in [2.45, 2.75) is 26.4 Å². The molecule has 0 unspecified atom stereocenters. The molecule has 0 heterocycles. The van der Waals surface area contributed by atoms with Crippen LogP contribution in [-0.2, 0) is 0 Å². The largest absolute Gasteiger partial charge is 0.491 e. The molecule has 2 rings (SSSR count). The molecule has 0 bridgehead atoms. The van der Waals surface area contributed by atoms with Gasteiger partial charge in [-0.05, 0) is 67.4 Å². The Morgan fingerprint density at radius 2 is 1.87 bits per heavy atom. The van der Waals surface area contributed by atoms with Gasteiger partial charge >= 0.3 is 0 Å². The average Bonchev–Trinajstić information content (AvgIpc) is 2.57. The number of amides is 1. The predicted octanol–water partition coefficient (Wildman–Crippen LogP) is 4.28. The Hall–Kier alpha value is -2.33. The number of carbonyl (C=O) groups is 1. The molecule has 0 saturated heterocycles. The molecule has 0 saturated carbocycles. The fourth-order valence-corrected chi connectivity index (χ4v) is 1.91. The van der Waals surface area contributed by atoms with E-state index in [-0.39, 0.29) is 12.0 Å². The van der Waals surface area contributed by atoms with Gasteiger partial charge in [-0.3, -0.25) is 4.79 Å². The van der Waals surface area contributed by atoms with Crippen LogP contribution in [-0.4, -0.2) is 18.2 Å². The van der Waals surface area contributed by atoms with E-state index in [2.05, 4.69) is 17.5 Å². The second kappa shape index (κ2) is 8.34. The molecule has 0 aliphatic carbocycles. The summed E-state index contributed by atoms with van der Waals surface area (Å²) >= 11 is 5.78. The molecule has 1 N–H and O–H groups in total. The van der Waals surface area contributed by atoms with Gasteiger partial charge in [-0.2, -0.15) is 5.10 Å². The number of rotatable bonds is 6. The summed E-state index contributed by atoms with van der Waals surface area (Å²) in [4.78, 5) is 11.9. The van der Waals surface area contributed by atoms with Gasteiger partial charge in [-0.1, -0.05) is 18.5 Å². The molecule has 2 aromatic carbocycles. The van der Waals surface area contributed by atoms with Crippen LogP contribution in [0.5, 0.6) is 5.75 Å². The highest BCUT2D eigenvalue weighted by molar-refractivity contribution is 6.30. The molecule has 1 atom stereocenters. The van der Waals surface area contributed by atoms with Crippen LogP contribution in [0.3, 0.4) is 0 Å². The van der Waals surface area contributed by atoms with Gasteiger partial charge in [0.2, 0.25) is 0 Å². The zero-order valence-corrected chi connectivity index (χ0v) is 13.9. The number of halogens is 1. The zero-order chi connectivity index (χ0) is 16.7. The lowest BCUT2D eigenvalue weighted by atomic mass is 10.2.